The van der Waals surface area contributed by atoms with E-state index in [4.69, 9.17) is 9.84 Å². The summed E-state index contributed by atoms with van der Waals surface area (Å²) in [6.45, 7) is 4.48. The maximum Gasteiger partial charge on any atom is 0.251 e. The number of carbonyl (C=O) groups excluding carboxylic acids is 1. The van der Waals surface area contributed by atoms with Crippen LogP contribution >= 0.6 is 0 Å². The van der Waals surface area contributed by atoms with E-state index < -0.39 is 0 Å². The summed E-state index contributed by atoms with van der Waals surface area (Å²) < 4.78 is 4.92. The van der Waals surface area contributed by atoms with Crippen molar-refractivity contribution in [1.82, 2.24) is 5.32 Å². The molecule has 5 heteroatoms. The number of phenolic OH excluding ortho intramolecular Hbond substituents is 1. The lowest BCUT2D eigenvalue weighted by atomic mass is 9.89. The minimum atomic E-state index is -0.260. The first kappa shape index (κ1) is 15.3. The molecule has 1 aromatic rings. The van der Waals surface area contributed by atoms with E-state index in [9.17, 15) is 9.90 Å². The van der Waals surface area contributed by atoms with Crippen LogP contribution in [0.2, 0.25) is 0 Å². The van der Waals surface area contributed by atoms with Crippen molar-refractivity contribution in [2.24, 2.45) is 5.41 Å². The van der Waals surface area contributed by atoms with E-state index in [1.54, 1.807) is 12.1 Å². The monoisotopic (exact) mass is 267 g/mol. The van der Waals surface area contributed by atoms with E-state index in [0.717, 1.165) is 0 Å². The number of aliphatic hydroxyl groups is 1. The fourth-order valence-electron chi connectivity index (χ4n) is 1.64. The molecule has 5 nitrogen and oxygen atoms in total. The molecule has 19 heavy (non-hydrogen) atoms. The SMILES string of the molecule is COc1ccc(C(=O)NCC(C)(C)CCO)cc1O. The molecule has 0 bridgehead atoms. The van der Waals surface area contributed by atoms with Crippen LogP contribution in [0.5, 0.6) is 11.5 Å². The van der Waals surface area contributed by atoms with Crippen molar-refractivity contribution < 1.29 is 19.7 Å². The average molecular weight is 267 g/mol. The fourth-order valence-corrected chi connectivity index (χ4v) is 1.64. The number of aliphatic hydroxyl groups excluding tert-OH is 1. The number of carbonyl (C=O) groups is 1. The van der Waals surface area contributed by atoms with Crippen LogP contribution in [0.4, 0.5) is 0 Å². The van der Waals surface area contributed by atoms with Gasteiger partial charge in [0, 0.05) is 18.7 Å². The van der Waals surface area contributed by atoms with Crippen LogP contribution in [-0.4, -0.2) is 36.4 Å². The molecular formula is C14H21NO4. The molecule has 106 valence electrons. The molecule has 0 spiro atoms. The lowest BCUT2D eigenvalue weighted by Gasteiger charge is -2.23. The Labute approximate surface area is 113 Å². The Balaban J connectivity index is 2.66. The Kier molecular flexibility index (Phi) is 5.18. The zero-order valence-corrected chi connectivity index (χ0v) is 11.6. The second kappa shape index (κ2) is 6.43. The van der Waals surface area contributed by atoms with Crippen molar-refractivity contribution in [2.75, 3.05) is 20.3 Å². The van der Waals surface area contributed by atoms with Crippen LogP contribution in [0.3, 0.4) is 0 Å². The van der Waals surface area contributed by atoms with E-state index in [0.29, 0.717) is 24.3 Å². The largest absolute Gasteiger partial charge is 0.504 e. The number of ether oxygens (including phenoxy) is 1. The van der Waals surface area contributed by atoms with E-state index in [1.807, 2.05) is 13.8 Å². The van der Waals surface area contributed by atoms with Crippen molar-refractivity contribution >= 4 is 5.91 Å². The van der Waals surface area contributed by atoms with Crippen LogP contribution in [0.15, 0.2) is 18.2 Å². The average Bonchev–Trinajstić information content (AvgIpc) is 2.36. The number of aromatic hydroxyl groups is 1. The highest BCUT2D eigenvalue weighted by Crippen LogP contribution is 2.26. The molecule has 0 aliphatic carbocycles. The number of nitrogens with one attached hydrogen (secondary N) is 1. The van der Waals surface area contributed by atoms with E-state index in [1.165, 1.54) is 13.2 Å². The van der Waals surface area contributed by atoms with Crippen molar-refractivity contribution in [3.8, 4) is 11.5 Å². The molecule has 0 heterocycles. The molecule has 1 aromatic carbocycles. The van der Waals surface area contributed by atoms with Gasteiger partial charge in [-0.3, -0.25) is 4.79 Å². The third-order valence-electron chi connectivity index (χ3n) is 2.96. The zero-order chi connectivity index (χ0) is 14.5. The van der Waals surface area contributed by atoms with Gasteiger partial charge in [-0.1, -0.05) is 13.8 Å². The van der Waals surface area contributed by atoms with Crippen LogP contribution in [0.25, 0.3) is 0 Å². The van der Waals surface area contributed by atoms with E-state index in [2.05, 4.69) is 5.32 Å². The van der Waals surface area contributed by atoms with Gasteiger partial charge >= 0.3 is 0 Å². The van der Waals surface area contributed by atoms with Gasteiger partial charge in [-0.2, -0.15) is 0 Å². The fraction of sp³-hybridized carbons (Fsp3) is 0.500. The zero-order valence-electron chi connectivity index (χ0n) is 11.6. The van der Waals surface area contributed by atoms with Crippen LogP contribution in [0.1, 0.15) is 30.6 Å². The maximum atomic E-state index is 11.9. The molecule has 0 aliphatic rings. The molecule has 0 aromatic heterocycles. The van der Waals surface area contributed by atoms with Crippen LogP contribution < -0.4 is 10.1 Å². The summed E-state index contributed by atoms with van der Waals surface area (Å²) in [5, 5.41) is 21.3. The molecule has 0 unspecified atom stereocenters. The lowest BCUT2D eigenvalue weighted by Crippen LogP contribution is -2.34. The normalized spacial score (nSPS) is 11.2. The van der Waals surface area contributed by atoms with Gasteiger partial charge in [0.1, 0.15) is 0 Å². The molecule has 1 amide bonds. The highest BCUT2D eigenvalue weighted by molar-refractivity contribution is 5.94. The molecule has 0 aliphatic heterocycles. The van der Waals surface area contributed by atoms with Crippen LogP contribution in [0, 0.1) is 5.41 Å². The summed E-state index contributed by atoms with van der Waals surface area (Å²) in [6, 6.07) is 4.50. The van der Waals surface area contributed by atoms with Crippen molar-refractivity contribution in [3.05, 3.63) is 23.8 Å². The number of hydrogen-bond donors (Lipinski definition) is 3. The minimum Gasteiger partial charge on any atom is -0.504 e. The molecule has 0 radical (unpaired) electrons. The number of methoxy groups -OCH3 is 1. The molecule has 0 saturated heterocycles. The Morgan fingerprint density at radius 2 is 2.11 bits per heavy atom. The van der Waals surface area contributed by atoms with Gasteiger partial charge in [0.25, 0.3) is 5.91 Å². The maximum absolute atomic E-state index is 11.9. The molecule has 1 rings (SSSR count). The second-order valence-corrected chi connectivity index (χ2v) is 5.21. The summed E-state index contributed by atoms with van der Waals surface area (Å²) in [6.07, 6.45) is 0.612. The van der Waals surface area contributed by atoms with Gasteiger partial charge < -0.3 is 20.3 Å². The first-order valence-corrected chi connectivity index (χ1v) is 6.16. The lowest BCUT2D eigenvalue weighted by molar-refractivity contribution is 0.0927. The molecule has 0 saturated carbocycles. The van der Waals surface area contributed by atoms with Gasteiger partial charge in [0.05, 0.1) is 7.11 Å². The predicted molar refractivity (Wildman–Crippen MR) is 72.5 cm³/mol. The number of hydrogen-bond acceptors (Lipinski definition) is 4. The number of amides is 1. The summed E-state index contributed by atoms with van der Waals surface area (Å²) >= 11 is 0. The predicted octanol–water partition coefficient (Wildman–Crippen LogP) is 1.54. The van der Waals surface area contributed by atoms with Crippen LogP contribution in [-0.2, 0) is 0 Å². The summed E-state index contributed by atoms with van der Waals surface area (Å²) in [5.41, 5.74) is 0.206. The Morgan fingerprint density at radius 1 is 1.42 bits per heavy atom. The molecule has 0 atom stereocenters. The second-order valence-electron chi connectivity index (χ2n) is 5.21. The number of rotatable bonds is 6. The first-order chi connectivity index (χ1) is 8.89. The molecule has 0 fully saturated rings. The summed E-state index contributed by atoms with van der Waals surface area (Å²) in [5.74, 6) is 0.00546. The van der Waals surface area contributed by atoms with Gasteiger partial charge in [-0.15, -0.1) is 0 Å². The van der Waals surface area contributed by atoms with E-state index >= 15 is 0 Å². The Bertz CT molecular complexity index is 443. The van der Waals surface area contributed by atoms with Crippen molar-refractivity contribution in [2.45, 2.75) is 20.3 Å². The highest BCUT2D eigenvalue weighted by atomic mass is 16.5. The Hall–Kier alpha value is -1.75. The molecular weight excluding hydrogens is 246 g/mol. The topological polar surface area (TPSA) is 78.8 Å². The van der Waals surface area contributed by atoms with Gasteiger partial charge in [0.15, 0.2) is 11.5 Å². The third-order valence-corrected chi connectivity index (χ3v) is 2.96. The van der Waals surface area contributed by atoms with Crippen molar-refractivity contribution in [3.63, 3.8) is 0 Å². The third kappa shape index (κ3) is 4.44. The highest BCUT2D eigenvalue weighted by Gasteiger charge is 2.19. The summed E-state index contributed by atoms with van der Waals surface area (Å²) in [4.78, 5) is 11.9. The smallest absolute Gasteiger partial charge is 0.251 e. The van der Waals surface area contributed by atoms with Gasteiger partial charge in [0.2, 0.25) is 0 Å². The number of phenols is 1. The standard InChI is InChI=1S/C14H21NO4/c1-14(2,6-7-16)9-15-13(18)10-4-5-12(19-3)11(17)8-10/h4-5,8,16-17H,6-7,9H2,1-3H3,(H,15,18). The number of benzene rings is 1. The quantitative estimate of drug-likeness (QED) is 0.730. The minimum absolute atomic E-state index is 0.0650. The van der Waals surface area contributed by atoms with Gasteiger partial charge in [-0.25, -0.2) is 0 Å². The van der Waals surface area contributed by atoms with Gasteiger partial charge in [-0.05, 0) is 30.0 Å². The first-order valence-electron chi connectivity index (χ1n) is 6.16. The summed E-state index contributed by atoms with van der Waals surface area (Å²) in [7, 11) is 1.45. The van der Waals surface area contributed by atoms with E-state index in [-0.39, 0.29) is 23.7 Å². The Morgan fingerprint density at radius 3 is 2.63 bits per heavy atom. The molecule has 3 N–H and O–H groups in total. The van der Waals surface area contributed by atoms with Crippen molar-refractivity contribution in [1.29, 1.82) is 0 Å².